The molecular weight excluding hydrogens is 308 g/mol. The van der Waals surface area contributed by atoms with Gasteiger partial charge < -0.3 is 26.8 Å². The van der Waals surface area contributed by atoms with E-state index in [1.807, 2.05) is 13.8 Å². The highest BCUT2D eigenvalue weighted by molar-refractivity contribution is 7.80. The number of aliphatic carboxylic acids is 1. The third kappa shape index (κ3) is 8.85. The molecule has 0 aliphatic heterocycles. The molecule has 0 heterocycles. The van der Waals surface area contributed by atoms with Gasteiger partial charge in [0.15, 0.2) is 0 Å². The molecule has 3 atom stereocenters. The van der Waals surface area contributed by atoms with Crippen molar-refractivity contribution in [1.82, 2.24) is 16.0 Å². The minimum absolute atomic E-state index is 0.160. The van der Waals surface area contributed by atoms with Crippen LogP contribution in [0.4, 0.5) is 0 Å². The van der Waals surface area contributed by atoms with Crippen LogP contribution in [-0.2, 0) is 14.4 Å². The summed E-state index contributed by atoms with van der Waals surface area (Å²) in [5.41, 5.74) is 5.71. The highest BCUT2D eigenvalue weighted by atomic mass is 32.1. The van der Waals surface area contributed by atoms with Crippen LogP contribution >= 0.6 is 12.6 Å². The average molecular weight is 334 g/mol. The molecule has 0 saturated carbocycles. The first-order chi connectivity index (χ1) is 10.2. The van der Waals surface area contributed by atoms with E-state index >= 15 is 0 Å². The Balaban J connectivity index is 4.66. The number of carbonyl (C=O) groups excluding carboxylic acids is 2. The number of amides is 2. The van der Waals surface area contributed by atoms with Crippen molar-refractivity contribution < 1.29 is 19.5 Å². The molecule has 128 valence electrons. The summed E-state index contributed by atoms with van der Waals surface area (Å²) in [6.07, 6.45) is -0.513. The molecular formula is C13H26N4O4S. The SMILES string of the molecule is CC(C)NCC(N)C(=O)NC(CC(=O)O)C(=O)NC(C)CS. The number of carbonyl (C=O) groups is 3. The molecule has 2 amide bonds. The lowest BCUT2D eigenvalue weighted by Gasteiger charge is -2.21. The van der Waals surface area contributed by atoms with E-state index in [-0.39, 0.29) is 18.6 Å². The summed E-state index contributed by atoms with van der Waals surface area (Å²) in [7, 11) is 0. The molecule has 0 bridgehead atoms. The van der Waals surface area contributed by atoms with Crippen LogP contribution in [0.3, 0.4) is 0 Å². The number of thiol groups is 1. The summed E-state index contributed by atoms with van der Waals surface area (Å²) >= 11 is 4.03. The van der Waals surface area contributed by atoms with Crippen LogP contribution in [0.2, 0.25) is 0 Å². The van der Waals surface area contributed by atoms with Crippen molar-refractivity contribution >= 4 is 30.4 Å². The second kappa shape index (κ2) is 10.4. The molecule has 0 radical (unpaired) electrons. The zero-order valence-electron chi connectivity index (χ0n) is 13.1. The summed E-state index contributed by atoms with van der Waals surface area (Å²) in [6, 6.07) is -2.11. The number of carboxylic acid groups (broad SMARTS) is 1. The van der Waals surface area contributed by atoms with Gasteiger partial charge in [-0.15, -0.1) is 0 Å². The monoisotopic (exact) mass is 334 g/mol. The average Bonchev–Trinajstić information content (AvgIpc) is 2.42. The Morgan fingerprint density at radius 3 is 2.18 bits per heavy atom. The highest BCUT2D eigenvalue weighted by Gasteiger charge is 2.26. The van der Waals surface area contributed by atoms with Crippen molar-refractivity contribution in [3.05, 3.63) is 0 Å². The van der Waals surface area contributed by atoms with E-state index in [1.165, 1.54) is 0 Å². The second-order valence-corrected chi connectivity index (χ2v) is 5.79. The number of hydrogen-bond acceptors (Lipinski definition) is 6. The summed E-state index contributed by atoms with van der Waals surface area (Å²) in [4.78, 5) is 34.8. The topological polar surface area (TPSA) is 134 Å². The number of carboxylic acids is 1. The van der Waals surface area contributed by atoms with Gasteiger partial charge in [0.05, 0.1) is 12.5 Å². The quantitative estimate of drug-likeness (QED) is 0.275. The largest absolute Gasteiger partial charge is 0.481 e. The molecule has 0 fully saturated rings. The highest BCUT2D eigenvalue weighted by Crippen LogP contribution is 1.97. The fourth-order valence-electron chi connectivity index (χ4n) is 1.51. The Kier molecular flexibility index (Phi) is 9.79. The van der Waals surface area contributed by atoms with E-state index in [0.29, 0.717) is 5.75 Å². The minimum atomic E-state index is -1.19. The van der Waals surface area contributed by atoms with Crippen LogP contribution in [0.1, 0.15) is 27.2 Å². The van der Waals surface area contributed by atoms with Gasteiger partial charge in [-0.05, 0) is 6.92 Å². The van der Waals surface area contributed by atoms with Crippen LogP contribution < -0.4 is 21.7 Å². The second-order valence-electron chi connectivity index (χ2n) is 5.42. The summed E-state index contributed by atoms with van der Waals surface area (Å²) < 4.78 is 0. The third-order valence-electron chi connectivity index (χ3n) is 2.76. The van der Waals surface area contributed by atoms with Crippen molar-refractivity contribution in [1.29, 1.82) is 0 Å². The lowest BCUT2D eigenvalue weighted by atomic mass is 10.1. The Bertz CT molecular complexity index is 392. The zero-order valence-corrected chi connectivity index (χ0v) is 14.0. The lowest BCUT2D eigenvalue weighted by Crippen LogP contribution is -2.55. The molecule has 22 heavy (non-hydrogen) atoms. The molecule has 0 rings (SSSR count). The van der Waals surface area contributed by atoms with Crippen LogP contribution in [-0.4, -0.2) is 59.4 Å². The van der Waals surface area contributed by atoms with E-state index in [2.05, 4.69) is 28.6 Å². The Labute approximate surface area is 136 Å². The van der Waals surface area contributed by atoms with E-state index < -0.39 is 36.3 Å². The maximum absolute atomic E-state index is 12.0. The summed E-state index contributed by atoms with van der Waals surface area (Å²) in [5, 5.41) is 16.8. The molecule has 9 heteroatoms. The molecule has 0 aromatic rings. The van der Waals surface area contributed by atoms with Crippen LogP contribution in [0, 0.1) is 0 Å². The predicted molar refractivity (Wildman–Crippen MR) is 86.8 cm³/mol. The van der Waals surface area contributed by atoms with Crippen molar-refractivity contribution in [2.75, 3.05) is 12.3 Å². The van der Waals surface area contributed by atoms with Crippen LogP contribution in [0.25, 0.3) is 0 Å². The van der Waals surface area contributed by atoms with Gasteiger partial charge in [0.1, 0.15) is 6.04 Å². The van der Waals surface area contributed by atoms with Gasteiger partial charge in [0.2, 0.25) is 11.8 Å². The number of nitrogens with two attached hydrogens (primary N) is 1. The van der Waals surface area contributed by atoms with Crippen molar-refractivity contribution in [3.8, 4) is 0 Å². The first-order valence-electron chi connectivity index (χ1n) is 7.09. The Hall–Kier alpha value is -1.32. The number of hydrogen-bond donors (Lipinski definition) is 6. The molecule has 0 saturated heterocycles. The van der Waals surface area contributed by atoms with Gasteiger partial charge in [0.25, 0.3) is 0 Å². The Morgan fingerprint density at radius 1 is 1.14 bits per heavy atom. The summed E-state index contributed by atoms with van der Waals surface area (Å²) in [6.45, 7) is 5.77. The maximum atomic E-state index is 12.0. The molecule has 0 aliphatic rings. The molecule has 0 aromatic carbocycles. The first kappa shape index (κ1) is 20.7. The van der Waals surface area contributed by atoms with Crippen LogP contribution in [0.5, 0.6) is 0 Å². The smallest absolute Gasteiger partial charge is 0.305 e. The van der Waals surface area contributed by atoms with Gasteiger partial charge in [-0.2, -0.15) is 12.6 Å². The van der Waals surface area contributed by atoms with E-state index in [9.17, 15) is 14.4 Å². The van der Waals surface area contributed by atoms with Crippen molar-refractivity contribution in [3.63, 3.8) is 0 Å². The lowest BCUT2D eigenvalue weighted by molar-refractivity contribution is -0.140. The standard InChI is InChI=1S/C13H26N4O4S/c1-7(2)15-5-9(14)12(20)17-10(4-11(18)19)13(21)16-8(3)6-22/h7-10,15,22H,4-6,14H2,1-3H3,(H,16,21)(H,17,20)(H,18,19). The van der Waals surface area contributed by atoms with Crippen molar-refractivity contribution in [2.45, 2.75) is 51.4 Å². The van der Waals surface area contributed by atoms with Crippen LogP contribution in [0.15, 0.2) is 0 Å². The fourth-order valence-corrected chi connectivity index (χ4v) is 1.60. The van der Waals surface area contributed by atoms with E-state index in [1.54, 1.807) is 6.92 Å². The van der Waals surface area contributed by atoms with Gasteiger partial charge >= 0.3 is 5.97 Å². The number of nitrogens with one attached hydrogen (secondary N) is 3. The van der Waals surface area contributed by atoms with Crippen molar-refractivity contribution in [2.24, 2.45) is 5.73 Å². The molecule has 0 spiro atoms. The predicted octanol–water partition coefficient (Wildman–Crippen LogP) is -1.29. The molecule has 6 N–H and O–H groups in total. The molecule has 3 unspecified atom stereocenters. The minimum Gasteiger partial charge on any atom is -0.481 e. The normalized spacial score (nSPS) is 15.0. The Morgan fingerprint density at radius 2 is 1.73 bits per heavy atom. The summed E-state index contributed by atoms with van der Waals surface area (Å²) in [5.74, 6) is -1.93. The van der Waals surface area contributed by atoms with Gasteiger partial charge in [-0.1, -0.05) is 13.8 Å². The molecule has 0 aromatic heterocycles. The van der Waals surface area contributed by atoms with Gasteiger partial charge in [-0.3, -0.25) is 14.4 Å². The fraction of sp³-hybridized carbons (Fsp3) is 0.769. The first-order valence-corrected chi connectivity index (χ1v) is 7.73. The van der Waals surface area contributed by atoms with Gasteiger partial charge in [0, 0.05) is 24.4 Å². The van der Waals surface area contributed by atoms with E-state index in [0.717, 1.165) is 0 Å². The number of rotatable bonds is 10. The molecule has 8 nitrogen and oxygen atoms in total. The third-order valence-corrected chi connectivity index (χ3v) is 3.30. The molecule has 0 aliphatic carbocycles. The van der Waals surface area contributed by atoms with E-state index in [4.69, 9.17) is 10.8 Å². The maximum Gasteiger partial charge on any atom is 0.305 e. The van der Waals surface area contributed by atoms with Gasteiger partial charge in [-0.25, -0.2) is 0 Å². The zero-order chi connectivity index (χ0) is 17.3.